The van der Waals surface area contributed by atoms with Crippen LogP contribution in [0, 0.1) is 6.92 Å². The topological polar surface area (TPSA) is 25.2 Å². The zero-order valence-electron chi connectivity index (χ0n) is 15.4. The predicted molar refractivity (Wildman–Crippen MR) is 110 cm³/mol. The lowest BCUT2D eigenvalue weighted by atomic mass is 10.00. The Morgan fingerprint density at radius 3 is 2.44 bits per heavy atom. The first-order valence-electron chi connectivity index (χ1n) is 8.92. The molecule has 2 aromatic carbocycles. The van der Waals surface area contributed by atoms with Crippen molar-refractivity contribution in [1.29, 1.82) is 0 Å². The van der Waals surface area contributed by atoms with Gasteiger partial charge < -0.3 is 9.47 Å². The van der Waals surface area contributed by atoms with E-state index in [0.29, 0.717) is 0 Å². The van der Waals surface area contributed by atoms with E-state index in [-0.39, 0.29) is 5.78 Å². The highest BCUT2D eigenvalue weighted by molar-refractivity contribution is 9.10. The summed E-state index contributed by atoms with van der Waals surface area (Å²) >= 11 is 3.60. The second-order valence-corrected chi connectivity index (χ2v) is 7.44. The van der Waals surface area contributed by atoms with Crippen molar-refractivity contribution in [2.75, 3.05) is 19.6 Å². The van der Waals surface area contributed by atoms with Gasteiger partial charge in [0.1, 0.15) is 0 Å². The van der Waals surface area contributed by atoms with E-state index >= 15 is 0 Å². The number of likely N-dealkylation sites (N-methyl/N-ethyl adjacent to an activating group) is 1. The average molecular weight is 401 g/mol. The maximum Gasteiger partial charge on any atom is 0.160 e. The molecule has 0 aliphatic carbocycles. The van der Waals surface area contributed by atoms with E-state index in [1.54, 1.807) is 6.92 Å². The second kappa shape index (κ2) is 7.30. The van der Waals surface area contributed by atoms with Crippen molar-refractivity contribution >= 4 is 43.5 Å². The van der Waals surface area contributed by atoms with E-state index < -0.39 is 0 Å². The van der Waals surface area contributed by atoms with E-state index in [9.17, 15) is 4.79 Å². The van der Waals surface area contributed by atoms with Gasteiger partial charge in [0, 0.05) is 44.9 Å². The minimum atomic E-state index is 0.124. The molecule has 0 atom stereocenters. The van der Waals surface area contributed by atoms with E-state index in [0.717, 1.165) is 41.8 Å². The number of Topliss-reactive ketones (excluding diaryl/α,β-unsaturated/α-hetero) is 1. The van der Waals surface area contributed by atoms with Gasteiger partial charge in [-0.2, -0.15) is 0 Å². The number of fused-ring (bicyclic) bond motifs is 3. The van der Waals surface area contributed by atoms with Gasteiger partial charge in [0.15, 0.2) is 5.78 Å². The van der Waals surface area contributed by atoms with Crippen molar-refractivity contribution in [1.82, 2.24) is 9.47 Å². The van der Waals surface area contributed by atoms with E-state index in [1.165, 1.54) is 21.8 Å². The summed E-state index contributed by atoms with van der Waals surface area (Å²) in [4.78, 5) is 14.4. The number of nitrogens with zero attached hydrogens (tertiary/aromatic N) is 2. The Morgan fingerprint density at radius 2 is 1.80 bits per heavy atom. The molecule has 0 N–H and O–H groups in total. The van der Waals surface area contributed by atoms with Crippen molar-refractivity contribution in [3.05, 3.63) is 45.9 Å². The molecule has 25 heavy (non-hydrogen) atoms. The van der Waals surface area contributed by atoms with Crippen LogP contribution in [0.3, 0.4) is 0 Å². The fraction of sp³-hybridized carbons (Fsp3) is 0.381. The maximum atomic E-state index is 12.0. The molecule has 4 heteroatoms. The fourth-order valence-corrected chi connectivity index (χ4v) is 4.10. The molecular formula is C21H25BrN2O. The van der Waals surface area contributed by atoms with Crippen molar-refractivity contribution in [3.63, 3.8) is 0 Å². The van der Waals surface area contributed by atoms with Crippen LogP contribution >= 0.6 is 15.9 Å². The zero-order chi connectivity index (χ0) is 18.1. The van der Waals surface area contributed by atoms with Crippen LogP contribution in [0.1, 0.15) is 36.7 Å². The van der Waals surface area contributed by atoms with Gasteiger partial charge in [0.05, 0.1) is 0 Å². The van der Waals surface area contributed by atoms with Crippen LogP contribution in [-0.2, 0) is 6.54 Å². The van der Waals surface area contributed by atoms with Crippen molar-refractivity contribution in [3.8, 4) is 0 Å². The molecule has 0 radical (unpaired) electrons. The van der Waals surface area contributed by atoms with Crippen LogP contribution in [0.25, 0.3) is 21.8 Å². The number of aryl methyl sites for hydroxylation is 1. The Kier molecular flexibility index (Phi) is 5.30. The van der Waals surface area contributed by atoms with Crippen LogP contribution in [0.4, 0.5) is 0 Å². The summed E-state index contributed by atoms with van der Waals surface area (Å²) in [7, 11) is 0. The van der Waals surface area contributed by atoms with Gasteiger partial charge in [0.25, 0.3) is 0 Å². The molecule has 0 aliphatic heterocycles. The third-order valence-corrected chi connectivity index (χ3v) is 5.66. The molecule has 0 saturated carbocycles. The Balaban J connectivity index is 2.24. The molecule has 132 valence electrons. The summed E-state index contributed by atoms with van der Waals surface area (Å²) < 4.78 is 3.46. The molecule has 3 aromatic rings. The molecular weight excluding hydrogens is 376 g/mol. The molecule has 0 amide bonds. The largest absolute Gasteiger partial charge is 0.339 e. The van der Waals surface area contributed by atoms with Gasteiger partial charge in [0.2, 0.25) is 0 Å². The second-order valence-electron chi connectivity index (χ2n) is 6.53. The van der Waals surface area contributed by atoms with Gasteiger partial charge in [-0.15, -0.1) is 0 Å². The standard InChI is InChI=1S/C21H25BrN2O/c1-5-23(6-2)11-12-24-19-9-7-16(22)13-18(19)21-14(3)17(15(4)25)8-10-20(21)24/h7-10,13H,5-6,11-12H2,1-4H3. The summed E-state index contributed by atoms with van der Waals surface area (Å²) in [5.41, 5.74) is 4.34. The highest BCUT2D eigenvalue weighted by Crippen LogP contribution is 2.34. The Bertz CT molecular complexity index is 938. The first-order chi connectivity index (χ1) is 12.0. The number of benzene rings is 2. The molecule has 0 fully saturated rings. The van der Waals surface area contributed by atoms with Crippen LogP contribution in [0.2, 0.25) is 0 Å². The quantitative estimate of drug-likeness (QED) is 0.516. The predicted octanol–water partition coefficient (Wildman–Crippen LogP) is 5.41. The van der Waals surface area contributed by atoms with Gasteiger partial charge in [-0.25, -0.2) is 0 Å². The lowest BCUT2D eigenvalue weighted by molar-refractivity contribution is 0.101. The number of halogens is 1. The highest BCUT2D eigenvalue weighted by atomic mass is 79.9. The third-order valence-electron chi connectivity index (χ3n) is 5.17. The lowest BCUT2D eigenvalue weighted by Crippen LogP contribution is -2.26. The number of ketones is 1. The van der Waals surface area contributed by atoms with Gasteiger partial charge in [-0.1, -0.05) is 29.8 Å². The van der Waals surface area contributed by atoms with Crippen LogP contribution in [-0.4, -0.2) is 34.9 Å². The molecule has 0 unspecified atom stereocenters. The smallest absolute Gasteiger partial charge is 0.160 e. The van der Waals surface area contributed by atoms with E-state index in [1.807, 2.05) is 6.07 Å². The van der Waals surface area contributed by atoms with Gasteiger partial charge in [-0.3, -0.25) is 4.79 Å². The van der Waals surface area contributed by atoms with Crippen molar-refractivity contribution in [2.45, 2.75) is 34.2 Å². The minimum absolute atomic E-state index is 0.124. The number of hydrogen-bond donors (Lipinski definition) is 0. The number of aromatic nitrogens is 1. The molecule has 0 saturated heterocycles. The third kappa shape index (κ3) is 3.25. The Labute approximate surface area is 157 Å². The Morgan fingerprint density at radius 1 is 1.12 bits per heavy atom. The molecule has 0 aliphatic rings. The number of carbonyl (C=O) groups excluding carboxylic acids is 1. The van der Waals surface area contributed by atoms with Gasteiger partial charge in [-0.05, 0) is 62.8 Å². The minimum Gasteiger partial charge on any atom is -0.339 e. The van der Waals surface area contributed by atoms with E-state index in [4.69, 9.17) is 0 Å². The van der Waals surface area contributed by atoms with E-state index in [2.05, 4.69) is 70.4 Å². The zero-order valence-corrected chi connectivity index (χ0v) is 17.0. The molecule has 1 heterocycles. The maximum absolute atomic E-state index is 12.0. The van der Waals surface area contributed by atoms with Crippen LogP contribution in [0.5, 0.6) is 0 Å². The Hall–Kier alpha value is -1.65. The molecule has 0 spiro atoms. The highest BCUT2D eigenvalue weighted by Gasteiger charge is 2.16. The molecule has 1 aromatic heterocycles. The van der Waals surface area contributed by atoms with Crippen LogP contribution < -0.4 is 0 Å². The SMILES string of the molecule is CCN(CC)CCn1c2ccc(Br)cc2c2c(C)c(C(C)=O)ccc21. The summed E-state index contributed by atoms with van der Waals surface area (Å²) in [6, 6.07) is 10.5. The van der Waals surface area contributed by atoms with Crippen molar-refractivity contribution < 1.29 is 4.79 Å². The summed E-state index contributed by atoms with van der Waals surface area (Å²) in [6.45, 7) is 12.2. The monoisotopic (exact) mass is 400 g/mol. The normalized spacial score (nSPS) is 11.8. The molecule has 0 bridgehead atoms. The number of rotatable bonds is 6. The van der Waals surface area contributed by atoms with Gasteiger partial charge >= 0.3 is 0 Å². The fourth-order valence-electron chi connectivity index (χ4n) is 3.74. The first kappa shape index (κ1) is 18.2. The van der Waals surface area contributed by atoms with Crippen LogP contribution in [0.15, 0.2) is 34.8 Å². The molecule has 3 nitrogen and oxygen atoms in total. The number of hydrogen-bond acceptors (Lipinski definition) is 2. The number of carbonyl (C=O) groups is 1. The average Bonchev–Trinajstić information content (AvgIpc) is 2.89. The lowest BCUT2D eigenvalue weighted by Gasteiger charge is -2.19. The summed E-state index contributed by atoms with van der Waals surface area (Å²) in [5, 5.41) is 2.41. The molecule has 3 rings (SSSR count). The van der Waals surface area contributed by atoms with Crippen molar-refractivity contribution in [2.24, 2.45) is 0 Å². The summed E-state index contributed by atoms with van der Waals surface area (Å²) in [6.07, 6.45) is 0. The first-order valence-corrected chi connectivity index (χ1v) is 9.71. The summed E-state index contributed by atoms with van der Waals surface area (Å²) in [5.74, 6) is 0.124.